The third-order valence-electron chi connectivity index (χ3n) is 4.43. The van der Waals surface area contributed by atoms with Crippen LogP contribution >= 0.6 is 0 Å². The van der Waals surface area contributed by atoms with Crippen molar-refractivity contribution in [3.8, 4) is 0 Å². The van der Waals surface area contributed by atoms with Gasteiger partial charge in [-0.2, -0.15) is 0 Å². The first-order chi connectivity index (χ1) is 13.9. The normalized spacial score (nSPS) is 11.4. The lowest BCUT2D eigenvalue weighted by Crippen LogP contribution is -2.22. The van der Waals surface area contributed by atoms with E-state index in [0.29, 0.717) is 11.0 Å². The van der Waals surface area contributed by atoms with Crippen LogP contribution in [0.15, 0.2) is 87.1 Å². The first-order valence-electron chi connectivity index (χ1n) is 8.76. The fourth-order valence-corrected chi connectivity index (χ4v) is 4.17. The number of nitrogen functional groups attached to an aromatic ring is 1. The summed E-state index contributed by atoms with van der Waals surface area (Å²) in [5, 5.41) is 3.43. The number of carbonyl (C=O) groups excluding carboxylic acids is 1. The van der Waals surface area contributed by atoms with Gasteiger partial charge in [-0.15, -0.1) is 0 Å². The van der Waals surface area contributed by atoms with Crippen molar-refractivity contribution in [3.05, 3.63) is 84.3 Å². The predicted molar refractivity (Wildman–Crippen MR) is 108 cm³/mol. The van der Waals surface area contributed by atoms with E-state index >= 15 is 0 Å². The molecule has 0 aliphatic rings. The number of hydrogen-bond acceptors (Lipinski definition) is 6. The Morgan fingerprint density at radius 2 is 1.69 bits per heavy atom. The Labute approximate surface area is 167 Å². The lowest BCUT2D eigenvalue weighted by atomic mass is 10.2. The van der Waals surface area contributed by atoms with Gasteiger partial charge in [-0.3, -0.25) is 4.79 Å². The van der Waals surface area contributed by atoms with Crippen LogP contribution in [0.3, 0.4) is 0 Å². The average Bonchev–Trinajstić information content (AvgIpc) is 3.19. The predicted octanol–water partition coefficient (Wildman–Crippen LogP) is 3.17. The van der Waals surface area contributed by atoms with Gasteiger partial charge >= 0.3 is 0 Å². The summed E-state index contributed by atoms with van der Waals surface area (Å²) in [6.07, 6.45) is 1.54. The van der Waals surface area contributed by atoms with Gasteiger partial charge in [0.2, 0.25) is 9.84 Å². The number of sulfone groups is 1. The second-order valence-corrected chi connectivity index (χ2v) is 8.32. The van der Waals surface area contributed by atoms with Crippen LogP contribution in [0.1, 0.15) is 16.1 Å². The van der Waals surface area contributed by atoms with Crippen molar-refractivity contribution in [3.63, 3.8) is 0 Å². The van der Waals surface area contributed by atoms with Crippen molar-refractivity contribution in [1.82, 2.24) is 10.3 Å². The van der Waals surface area contributed by atoms with E-state index in [4.69, 9.17) is 10.2 Å². The summed E-state index contributed by atoms with van der Waals surface area (Å²) in [7, 11) is -3.57. The first kappa shape index (κ1) is 18.7. The van der Waals surface area contributed by atoms with Crippen LogP contribution in [-0.4, -0.2) is 19.3 Å². The van der Waals surface area contributed by atoms with Crippen LogP contribution in [0.25, 0.3) is 11.0 Å². The van der Waals surface area contributed by atoms with Gasteiger partial charge in [-0.25, -0.2) is 13.4 Å². The van der Waals surface area contributed by atoms with E-state index in [-0.39, 0.29) is 27.9 Å². The number of carbonyl (C=O) groups is 1. The zero-order valence-corrected chi connectivity index (χ0v) is 16.0. The molecule has 0 radical (unpaired) electrons. The molecule has 4 rings (SSSR count). The minimum Gasteiger partial charge on any atom is -0.447 e. The second-order valence-electron chi connectivity index (χ2n) is 6.37. The number of furan rings is 1. The molecule has 0 aliphatic heterocycles. The summed E-state index contributed by atoms with van der Waals surface area (Å²) in [6, 6.07) is 17.9. The molecule has 4 aromatic rings. The fraction of sp³-hybridized carbons (Fsp3) is 0.0476. The highest BCUT2D eigenvalue weighted by Gasteiger charge is 2.17. The maximum absolute atomic E-state index is 12.6. The standard InChI is InChI=1S/C21H17N3O4S/c22-20-19-15(10-11-23-20)12-18(28-19)21(25)24-13-14-6-8-17(9-7-14)29(26,27)16-4-2-1-3-5-16/h1-12H,13H2,(H2,22,23)(H,24,25). The van der Waals surface area contributed by atoms with Gasteiger partial charge in [0.1, 0.15) is 0 Å². The molecule has 0 bridgehead atoms. The first-order valence-corrected chi connectivity index (χ1v) is 10.2. The molecular formula is C21H17N3O4S. The Balaban J connectivity index is 1.46. The van der Waals surface area contributed by atoms with E-state index in [1.54, 1.807) is 60.8 Å². The molecule has 7 nitrogen and oxygen atoms in total. The van der Waals surface area contributed by atoms with Crippen molar-refractivity contribution in [2.45, 2.75) is 16.3 Å². The molecule has 0 unspecified atom stereocenters. The quantitative estimate of drug-likeness (QED) is 0.525. The highest BCUT2D eigenvalue weighted by atomic mass is 32.2. The number of hydrogen-bond donors (Lipinski definition) is 2. The molecule has 1 amide bonds. The molecule has 0 saturated carbocycles. The van der Waals surface area contributed by atoms with Crippen molar-refractivity contribution >= 4 is 32.5 Å². The summed E-state index contributed by atoms with van der Waals surface area (Å²) in [5.41, 5.74) is 6.86. The maximum Gasteiger partial charge on any atom is 0.287 e. The van der Waals surface area contributed by atoms with E-state index in [0.717, 1.165) is 5.56 Å². The topological polar surface area (TPSA) is 115 Å². The summed E-state index contributed by atoms with van der Waals surface area (Å²) >= 11 is 0. The Morgan fingerprint density at radius 1 is 1.00 bits per heavy atom. The number of benzene rings is 2. The molecule has 2 heterocycles. The number of anilines is 1. The van der Waals surface area contributed by atoms with E-state index in [1.807, 2.05) is 0 Å². The molecule has 29 heavy (non-hydrogen) atoms. The highest BCUT2D eigenvalue weighted by molar-refractivity contribution is 7.91. The zero-order valence-electron chi connectivity index (χ0n) is 15.2. The molecule has 146 valence electrons. The van der Waals surface area contributed by atoms with Crippen molar-refractivity contribution in [1.29, 1.82) is 0 Å². The van der Waals surface area contributed by atoms with Crippen LogP contribution in [0.5, 0.6) is 0 Å². The van der Waals surface area contributed by atoms with E-state index in [9.17, 15) is 13.2 Å². The van der Waals surface area contributed by atoms with Gasteiger partial charge in [0.05, 0.1) is 9.79 Å². The summed E-state index contributed by atoms with van der Waals surface area (Å²) in [5.74, 6) is -0.0543. The number of pyridine rings is 1. The highest BCUT2D eigenvalue weighted by Crippen LogP contribution is 2.23. The number of rotatable bonds is 5. The van der Waals surface area contributed by atoms with Crippen LogP contribution in [-0.2, 0) is 16.4 Å². The molecule has 2 aromatic carbocycles. The van der Waals surface area contributed by atoms with Gasteiger partial charge in [-0.05, 0) is 42.0 Å². The number of amides is 1. The number of nitrogens with two attached hydrogens (primary N) is 1. The number of nitrogens with one attached hydrogen (secondary N) is 1. The van der Waals surface area contributed by atoms with Crippen LogP contribution < -0.4 is 11.1 Å². The van der Waals surface area contributed by atoms with Gasteiger partial charge in [0.15, 0.2) is 17.2 Å². The van der Waals surface area contributed by atoms with E-state index in [1.165, 1.54) is 12.1 Å². The van der Waals surface area contributed by atoms with Crippen molar-refractivity contribution < 1.29 is 17.6 Å². The monoisotopic (exact) mass is 407 g/mol. The molecule has 0 saturated heterocycles. The lowest BCUT2D eigenvalue weighted by Gasteiger charge is -2.07. The van der Waals surface area contributed by atoms with Crippen LogP contribution in [0.4, 0.5) is 5.82 Å². The average molecular weight is 407 g/mol. The molecule has 8 heteroatoms. The second kappa shape index (κ2) is 7.40. The largest absolute Gasteiger partial charge is 0.447 e. The number of nitrogens with zero attached hydrogens (tertiary/aromatic N) is 1. The SMILES string of the molecule is Nc1nccc2cc(C(=O)NCc3ccc(S(=O)(=O)c4ccccc4)cc3)oc12. The van der Waals surface area contributed by atoms with Gasteiger partial charge in [0, 0.05) is 18.1 Å². The minimum atomic E-state index is -3.57. The Hall–Kier alpha value is -3.65. The summed E-state index contributed by atoms with van der Waals surface area (Å²) < 4.78 is 30.7. The third kappa shape index (κ3) is 3.70. The minimum absolute atomic E-state index is 0.128. The molecule has 0 spiro atoms. The smallest absolute Gasteiger partial charge is 0.287 e. The molecular weight excluding hydrogens is 390 g/mol. The molecule has 0 aliphatic carbocycles. The number of aromatic nitrogens is 1. The fourth-order valence-electron chi connectivity index (χ4n) is 2.89. The molecule has 2 aromatic heterocycles. The molecule has 3 N–H and O–H groups in total. The third-order valence-corrected chi connectivity index (χ3v) is 6.21. The maximum atomic E-state index is 12.6. The Bertz CT molecular complexity index is 1280. The van der Waals surface area contributed by atoms with Gasteiger partial charge in [-0.1, -0.05) is 30.3 Å². The van der Waals surface area contributed by atoms with Crippen molar-refractivity contribution in [2.75, 3.05) is 5.73 Å². The summed E-state index contributed by atoms with van der Waals surface area (Å²) in [4.78, 5) is 16.7. The van der Waals surface area contributed by atoms with E-state index in [2.05, 4.69) is 10.3 Å². The van der Waals surface area contributed by atoms with Crippen LogP contribution in [0.2, 0.25) is 0 Å². The molecule has 0 atom stereocenters. The van der Waals surface area contributed by atoms with Gasteiger partial charge in [0.25, 0.3) is 5.91 Å². The Kier molecular flexibility index (Phi) is 4.77. The summed E-state index contributed by atoms with van der Waals surface area (Å²) in [6.45, 7) is 0.218. The molecule has 0 fully saturated rings. The van der Waals surface area contributed by atoms with Crippen molar-refractivity contribution in [2.24, 2.45) is 0 Å². The van der Waals surface area contributed by atoms with E-state index < -0.39 is 15.7 Å². The lowest BCUT2D eigenvalue weighted by molar-refractivity contribution is 0.0925. The Morgan fingerprint density at radius 3 is 2.38 bits per heavy atom. The van der Waals surface area contributed by atoms with Crippen LogP contribution in [0, 0.1) is 0 Å². The zero-order chi connectivity index (χ0) is 20.4. The van der Waals surface area contributed by atoms with Gasteiger partial charge < -0.3 is 15.5 Å². The number of fused-ring (bicyclic) bond motifs is 1.